The van der Waals surface area contributed by atoms with E-state index in [0.717, 1.165) is 6.54 Å². The summed E-state index contributed by atoms with van der Waals surface area (Å²) in [7, 11) is 1.56. The summed E-state index contributed by atoms with van der Waals surface area (Å²) in [6.07, 6.45) is 0. The summed E-state index contributed by atoms with van der Waals surface area (Å²) >= 11 is 0. The van der Waals surface area contributed by atoms with E-state index in [1.165, 1.54) is 6.07 Å². The van der Waals surface area contributed by atoms with Gasteiger partial charge in [0.15, 0.2) is 0 Å². The highest BCUT2D eigenvalue weighted by Gasteiger charge is 2.18. The number of rotatable bonds is 4. The Morgan fingerprint density at radius 1 is 1.35 bits per heavy atom. The van der Waals surface area contributed by atoms with E-state index in [2.05, 4.69) is 26.1 Å². The molecule has 3 heteroatoms. The molecule has 1 rings (SSSR count). The van der Waals surface area contributed by atoms with Crippen LogP contribution >= 0.6 is 0 Å². The zero-order valence-corrected chi connectivity index (χ0v) is 11.3. The molecule has 1 aromatic carbocycles. The fraction of sp³-hybridized carbons (Fsp3) is 0.571. The molecular weight excluding hydrogens is 217 g/mol. The molecule has 0 amide bonds. The summed E-state index contributed by atoms with van der Waals surface area (Å²) in [6, 6.07) is 4.85. The first-order valence-corrected chi connectivity index (χ1v) is 5.91. The molecule has 0 saturated carbocycles. The summed E-state index contributed by atoms with van der Waals surface area (Å²) < 4.78 is 19.0. The lowest BCUT2D eigenvalue weighted by atomic mass is 9.96. The van der Waals surface area contributed by atoms with E-state index in [4.69, 9.17) is 4.74 Å². The smallest absolute Gasteiger partial charge is 0.131 e. The topological polar surface area (TPSA) is 21.3 Å². The van der Waals surface area contributed by atoms with E-state index in [-0.39, 0.29) is 17.3 Å². The number of hydrogen-bond acceptors (Lipinski definition) is 2. The molecule has 0 aliphatic carbocycles. The number of benzene rings is 1. The predicted molar refractivity (Wildman–Crippen MR) is 68.8 cm³/mol. The fourth-order valence-electron chi connectivity index (χ4n) is 1.68. The second-order valence-corrected chi connectivity index (χ2v) is 5.52. The molecular formula is C14H22FNO. The number of nitrogens with one attached hydrogen (secondary N) is 1. The van der Waals surface area contributed by atoms with Crippen molar-refractivity contribution < 1.29 is 9.13 Å². The van der Waals surface area contributed by atoms with Crippen LogP contribution in [0.2, 0.25) is 0 Å². The van der Waals surface area contributed by atoms with Crippen LogP contribution in [0.5, 0.6) is 5.75 Å². The Kier molecular flexibility index (Phi) is 4.52. The molecule has 0 heterocycles. The lowest BCUT2D eigenvalue weighted by Crippen LogP contribution is -2.29. The molecule has 0 aromatic heterocycles. The van der Waals surface area contributed by atoms with Crippen LogP contribution in [-0.4, -0.2) is 13.7 Å². The van der Waals surface area contributed by atoms with Gasteiger partial charge in [0.05, 0.1) is 7.11 Å². The van der Waals surface area contributed by atoms with Crippen molar-refractivity contribution in [1.29, 1.82) is 0 Å². The van der Waals surface area contributed by atoms with Crippen molar-refractivity contribution in [3.63, 3.8) is 0 Å². The van der Waals surface area contributed by atoms with Gasteiger partial charge in [0.1, 0.15) is 11.6 Å². The molecule has 1 atom stereocenters. The van der Waals surface area contributed by atoms with Crippen LogP contribution in [0.4, 0.5) is 4.39 Å². The van der Waals surface area contributed by atoms with E-state index in [9.17, 15) is 4.39 Å². The van der Waals surface area contributed by atoms with Crippen molar-refractivity contribution in [2.45, 2.75) is 33.7 Å². The highest BCUT2D eigenvalue weighted by atomic mass is 19.1. The van der Waals surface area contributed by atoms with E-state index < -0.39 is 0 Å². The zero-order chi connectivity index (χ0) is 13.1. The van der Waals surface area contributed by atoms with Crippen LogP contribution in [0.1, 0.15) is 39.3 Å². The van der Waals surface area contributed by atoms with Gasteiger partial charge in [0.25, 0.3) is 0 Å². The quantitative estimate of drug-likeness (QED) is 0.868. The molecule has 1 N–H and O–H groups in total. The molecule has 0 aliphatic rings. The minimum atomic E-state index is -0.224. The van der Waals surface area contributed by atoms with Gasteiger partial charge in [0, 0.05) is 18.2 Å². The van der Waals surface area contributed by atoms with Crippen LogP contribution in [0.3, 0.4) is 0 Å². The second kappa shape index (κ2) is 5.50. The van der Waals surface area contributed by atoms with Gasteiger partial charge in [-0.3, -0.25) is 0 Å². The first-order chi connectivity index (χ1) is 7.85. The van der Waals surface area contributed by atoms with Gasteiger partial charge in [0.2, 0.25) is 0 Å². The molecule has 0 fully saturated rings. The number of methoxy groups -OCH3 is 1. The van der Waals surface area contributed by atoms with E-state index >= 15 is 0 Å². The zero-order valence-electron chi connectivity index (χ0n) is 11.3. The second-order valence-electron chi connectivity index (χ2n) is 5.52. The molecule has 0 spiro atoms. The Morgan fingerprint density at radius 3 is 2.53 bits per heavy atom. The van der Waals surface area contributed by atoms with Crippen LogP contribution in [0.15, 0.2) is 18.2 Å². The van der Waals surface area contributed by atoms with Crippen LogP contribution in [-0.2, 0) is 0 Å². The molecule has 17 heavy (non-hydrogen) atoms. The highest BCUT2D eigenvalue weighted by Crippen LogP contribution is 2.28. The van der Waals surface area contributed by atoms with Crippen molar-refractivity contribution in [3.05, 3.63) is 29.6 Å². The van der Waals surface area contributed by atoms with Crippen molar-refractivity contribution in [3.8, 4) is 5.75 Å². The lowest BCUT2D eigenvalue weighted by Gasteiger charge is -2.24. The Bertz CT molecular complexity index is 371. The Morgan fingerprint density at radius 2 is 2.00 bits per heavy atom. The molecule has 96 valence electrons. The summed E-state index contributed by atoms with van der Waals surface area (Å²) in [6.45, 7) is 9.21. The van der Waals surface area contributed by atoms with Gasteiger partial charge in [-0.25, -0.2) is 4.39 Å². The minimum absolute atomic E-state index is 0.0645. The third-order valence-electron chi connectivity index (χ3n) is 2.60. The monoisotopic (exact) mass is 239 g/mol. The first-order valence-electron chi connectivity index (χ1n) is 5.91. The summed E-state index contributed by atoms with van der Waals surface area (Å²) in [5.74, 6) is 0.372. The standard InChI is InChI=1S/C14H22FNO/c1-10(16-9-14(2,3)4)13-11(15)7-6-8-12(13)17-5/h6-8,10,16H,9H2,1-5H3. The maximum Gasteiger partial charge on any atom is 0.131 e. The summed E-state index contributed by atoms with van der Waals surface area (Å²) in [5.41, 5.74) is 0.770. The predicted octanol–water partition coefficient (Wildman–Crippen LogP) is 3.53. The van der Waals surface area contributed by atoms with Crippen molar-refractivity contribution in [2.75, 3.05) is 13.7 Å². The summed E-state index contributed by atoms with van der Waals surface area (Å²) in [4.78, 5) is 0. The molecule has 1 aromatic rings. The lowest BCUT2D eigenvalue weighted by molar-refractivity contribution is 0.346. The molecule has 0 radical (unpaired) electrons. The van der Waals surface area contributed by atoms with Gasteiger partial charge in [-0.1, -0.05) is 26.8 Å². The van der Waals surface area contributed by atoms with Gasteiger partial charge in [-0.05, 0) is 24.5 Å². The molecule has 2 nitrogen and oxygen atoms in total. The van der Waals surface area contributed by atoms with Gasteiger partial charge in [-0.2, -0.15) is 0 Å². The van der Waals surface area contributed by atoms with Gasteiger partial charge in [-0.15, -0.1) is 0 Å². The average molecular weight is 239 g/mol. The fourth-order valence-corrected chi connectivity index (χ4v) is 1.68. The summed E-state index contributed by atoms with van der Waals surface area (Å²) in [5, 5.41) is 3.33. The highest BCUT2D eigenvalue weighted by molar-refractivity contribution is 5.36. The van der Waals surface area contributed by atoms with Gasteiger partial charge < -0.3 is 10.1 Å². The molecule has 0 bridgehead atoms. The normalized spacial score (nSPS) is 13.5. The van der Waals surface area contributed by atoms with Gasteiger partial charge >= 0.3 is 0 Å². The van der Waals surface area contributed by atoms with Crippen molar-refractivity contribution in [2.24, 2.45) is 5.41 Å². The van der Waals surface area contributed by atoms with Crippen LogP contribution in [0.25, 0.3) is 0 Å². The number of halogens is 1. The number of ether oxygens (including phenoxy) is 1. The number of hydrogen-bond donors (Lipinski definition) is 1. The third-order valence-corrected chi connectivity index (χ3v) is 2.60. The first kappa shape index (κ1) is 14.0. The molecule has 0 saturated heterocycles. The van der Waals surface area contributed by atoms with E-state index in [1.54, 1.807) is 19.2 Å². The van der Waals surface area contributed by atoms with Crippen molar-refractivity contribution in [1.82, 2.24) is 5.32 Å². The molecule has 1 unspecified atom stereocenters. The maximum atomic E-state index is 13.8. The minimum Gasteiger partial charge on any atom is -0.496 e. The van der Waals surface area contributed by atoms with Crippen LogP contribution < -0.4 is 10.1 Å². The Labute approximate surface area is 103 Å². The molecule has 0 aliphatic heterocycles. The SMILES string of the molecule is COc1cccc(F)c1C(C)NCC(C)(C)C. The Hall–Kier alpha value is -1.09. The van der Waals surface area contributed by atoms with Crippen LogP contribution in [0, 0.1) is 11.2 Å². The third kappa shape index (κ3) is 4.00. The Balaban J connectivity index is 2.84. The van der Waals surface area contributed by atoms with E-state index in [1.807, 2.05) is 6.92 Å². The average Bonchev–Trinajstić information content (AvgIpc) is 2.24. The van der Waals surface area contributed by atoms with Crippen molar-refractivity contribution >= 4 is 0 Å². The largest absolute Gasteiger partial charge is 0.496 e. The maximum absolute atomic E-state index is 13.8. The van der Waals surface area contributed by atoms with E-state index in [0.29, 0.717) is 11.3 Å².